The molecule has 2 aromatic rings. The first-order valence-electron chi connectivity index (χ1n) is 6.93. The van der Waals surface area contributed by atoms with Crippen LogP contribution in [0.2, 0.25) is 5.02 Å². The standard InChI is InChI=1S/C17H21ClN2O/c1-20(12-14-5-3-4-6-16(14)18)17(11-19)13-7-9-15(21-2)10-8-13/h3-10,17H,11-12,19H2,1-2H3. The second-order valence-electron chi connectivity index (χ2n) is 5.03. The van der Waals surface area contributed by atoms with Crippen LogP contribution in [-0.4, -0.2) is 25.6 Å². The van der Waals surface area contributed by atoms with Crippen LogP contribution in [-0.2, 0) is 6.54 Å². The Kier molecular flexibility index (Phi) is 5.62. The average molecular weight is 305 g/mol. The molecule has 2 rings (SSSR count). The summed E-state index contributed by atoms with van der Waals surface area (Å²) in [4.78, 5) is 2.21. The highest BCUT2D eigenvalue weighted by molar-refractivity contribution is 6.31. The molecule has 3 nitrogen and oxygen atoms in total. The van der Waals surface area contributed by atoms with Gasteiger partial charge in [0.1, 0.15) is 5.75 Å². The summed E-state index contributed by atoms with van der Waals surface area (Å²) in [5.41, 5.74) is 8.24. The maximum Gasteiger partial charge on any atom is 0.118 e. The Balaban J connectivity index is 2.14. The molecule has 0 saturated carbocycles. The lowest BCUT2D eigenvalue weighted by atomic mass is 10.0. The van der Waals surface area contributed by atoms with Gasteiger partial charge in [0.05, 0.1) is 7.11 Å². The molecule has 0 aliphatic rings. The summed E-state index contributed by atoms with van der Waals surface area (Å²) in [5.74, 6) is 0.850. The lowest BCUT2D eigenvalue weighted by molar-refractivity contribution is 0.241. The summed E-state index contributed by atoms with van der Waals surface area (Å²) in [6.07, 6.45) is 0. The van der Waals surface area contributed by atoms with Gasteiger partial charge in [0.15, 0.2) is 0 Å². The Labute approximate surface area is 131 Å². The fourth-order valence-corrected chi connectivity index (χ4v) is 2.60. The molecule has 21 heavy (non-hydrogen) atoms. The molecule has 2 N–H and O–H groups in total. The molecule has 1 atom stereocenters. The summed E-state index contributed by atoms with van der Waals surface area (Å²) in [7, 11) is 3.73. The highest BCUT2D eigenvalue weighted by Crippen LogP contribution is 2.24. The molecule has 0 aliphatic heterocycles. The maximum atomic E-state index is 6.23. The zero-order chi connectivity index (χ0) is 15.2. The number of nitrogens with zero attached hydrogens (tertiary/aromatic N) is 1. The topological polar surface area (TPSA) is 38.5 Å². The third kappa shape index (κ3) is 3.97. The second-order valence-corrected chi connectivity index (χ2v) is 5.44. The van der Waals surface area contributed by atoms with E-state index in [-0.39, 0.29) is 6.04 Å². The summed E-state index contributed by atoms with van der Waals surface area (Å²) >= 11 is 6.23. The van der Waals surface area contributed by atoms with Crippen LogP contribution in [0, 0.1) is 0 Å². The van der Waals surface area contributed by atoms with E-state index in [1.54, 1.807) is 7.11 Å². The van der Waals surface area contributed by atoms with Gasteiger partial charge in [-0.05, 0) is 36.4 Å². The van der Waals surface area contributed by atoms with Gasteiger partial charge in [0.2, 0.25) is 0 Å². The van der Waals surface area contributed by atoms with Crippen molar-refractivity contribution in [3.05, 3.63) is 64.7 Å². The van der Waals surface area contributed by atoms with Gasteiger partial charge >= 0.3 is 0 Å². The largest absolute Gasteiger partial charge is 0.497 e. The first-order valence-corrected chi connectivity index (χ1v) is 7.31. The van der Waals surface area contributed by atoms with E-state index < -0.39 is 0 Å². The van der Waals surface area contributed by atoms with Crippen LogP contribution < -0.4 is 10.5 Å². The predicted octanol–water partition coefficient (Wildman–Crippen LogP) is 3.48. The fraction of sp³-hybridized carbons (Fsp3) is 0.294. The number of rotatable bonds is 6. The molecule has 0 fully saturated rings. The average Bonchev–Trinajstić information content (AvgIpc) is 2.51. The van der Waals surface area contributed by atoms with Crippen molar-refractivity contribution in [2.75, 3.05) is 20.7 Å². The predicted molar refractivity (Wildman–Crippen MR) is 87.7 cm³/mol. The fourth-order valence-electron chi connectivity index (χ4n) is 2.40. The lowest BCUT2D eigenvalue weighted by Gasteiger charge is -2.28. The first kappa shape index (κ1) is 15.8. The van der Waals surface area contributed by atoms with Gasteiger partial charge in [-0.1, -0.05) is 41.9 Å². The van der Waals surface area contributed by atoms with Crippen LogP contribution in [0.25, 0.3) is 0 Å². The Bertz CT molecular complexity index is 571. The van der Waals surface area contributed by atoms with E-state index in [0.29, 0.717) is 6.54 Å². The van der Waals surface area contributed by atoms with Gasteiger partial charge in [-0.3, -0.25) is 4.90 Å². The Hall–Kier alpha value is -1.55. The van der Waals surface area contributed by atoms with Crippen LogP contribution in [0.3, 0.4) is 0 Å². The van der Waals surface area contributed by atoms with Gasteiger partial charge in [-0.25, -0.2) is 0 Å². The zero-order valence-corrected chi connectivity index (χ0v) is 13.2. The van der Waals surface area contributed by atoms with Crippen LogP contribution >= 0.6 is 11.6 Å². The van der Waals surface area contributed by atoms with E-state index in [2.05, 4.69) is 24.1 Å². The minimum Gasteiger partial charge on any atom is -0.497 e. The van der Waals surface area contributed by atoms with Crippen LogP contribution in [0.4, 0.5) is 0 Å². The summed E-state index contributed by atoms with van der Waals surface area (Å²) < 4.78 is 5.19. The van der Waals surface area contributed by atoms with Crippen molar-refractivity contribution in [2.24, 2.45) is 5.73 Å². The second kappa shape index (κ2) is 7.46. The Morgan fingerprint density at radius 3 is 2.38 bits per heavy atom. The van der Waals surface area contributed by atoms with Crippen molar-refractivity contribution >= 4 is 11.6 Å². The molecule has 112 valence electrons. The molecule has 0 spiro atoms. The molecule has 0 aliphatic carbocycles. The minimum atomic E-state index is 0.146. The summed E-state index contributed by atoms with van der Waals surface area (Å²) in [6.45, 7) is 1.31. The van der Waals surface area contributed by atoms with Gasteiger partial charge in [0.25, 0.3) is 0 Å². The molecule has 0 bridgehead atoms. The van der Waals surface area contributed by atoms with E-state index >= 15 is 0 Å². The molecule has 1 unspecified atom stereocenters. The van der Waals surface area contributed by atoms with E-state index in [1.165, 1.54) is 5.56 Å². The molecule has 0 heterocycles. The van der Waals surface area contributed by atoms with Gasteiger partial charge in [-0.15, -0.1) is 0 Å². The quantitative estimate of drug-likeness (QED) is 0.888. The van der Waals surface area contributed by atoms with Crippen molar-refractivity contribution in [1.29, 1.82) is 0 Å². The molecule has 4 heteroatoms. The number of ether oxygens (including phenoxy) is 1. The molecule has 0 saturated heterocycles. The number of hydrogen-bond donors (Lipinski definition) is 1. The van der Waals surface area contributed by atoms with Crippen molar-refractivity contribution in [1.82, 2.24) is 4.90 Å². The highest BCUT2D eigenvalue weighted by Gasteiger charge is 2.16. The number of likely N-dealkylation sites (N-methyl/N-ethyl adjacent to an activating group) is 1. The van der Waals surface area contributed by atoms with E-state index in [1.807, 2.05) is 36.4 Å². The van der Waals surface area contributed by atoms with Crippen LogP contribution in [0.15, 0.2) is 48.5 Å². The first-order chi connectivity index (χ1) is 10.2. The molecule has 0 amide bonds. The van der Waals surface area contributed by atoms with Crippen LogP contribution in [0.5, 0.6) is 5.75 Å². The SMILES string of the molecule is COc1ccc(C(CN)N(C)Cc2ccccc2Cl)cc1. The van der Waals surface area contributed by atoms with Gasteiger partial charge in [-0.2, -0.15) is 0 Å². The summed E-state index contributed by atoms with van der Waals surface area (Å²) in [6, 6.07) is 16.1. The third-order valence-electron chi connectivity index (χ3n) is 3.63. The third-order valence-corrected chi connectivity index (χ3v) is 4.00. The van der Waals surface area contributed by atoms with E-state index in [4.69, 9.17) is 22.1 Å². The number of nitrogens with two attached hydrogens (primary N) is 1. The number of halogens is 1. The Morgan fingerprint density at radius 2 is 1.81 bits per heavy atom. The van der Waals surface area contributed by atoms with Crippen molar-refractivity contribution in [2.45, 2.75) is 12.6 Å². The molecular weight excluding hydrogens is 284 g/mol. The maximum absolute atomic E-state index is 6.23. The van der Waals surface area contributed by atoms with Gasteiger partial charge < -0.3 is 10.5 Å². The van der Waals surface area contributed by atoms with Gasteiger partial charge in [0, 0.05) is 24.2 Å². The highest BCUT2D eigenvalue weighted by atomic mass is 35.5. The van der Waals surface area contributed by atoms with E-state index in [0.717, 1.165) is 22.9 Å². The monoisotopic (exact) mass is 304 g/mol. The molecule has 2 aromatic carbocycles. The number of hydrogen-bond acceptors (Lipinski definition) is 3. The molecule has 0 radical (unpaired) electrons. The molecular formula is C17H21ClN2O. The van der Waals surface area contributed by atoms with E-state index in [9.17, 15) is 0 Å². The van der Waals surface area contributed by atoms with Crippen molar-refractivity contribution < 1.29 is 4.74 Å². The zero-order valence-electron chi connectivity index (χ0n) is 12.4. The molecule has 0 aromatic heterocycles. The number of benzene rings is 2. The lowest BCUT2D eigenvalue weighted by Crippen LogP contribution is -2.30. The van der Waals surface area contributed by atoms with Crippen molar-refractivity contribution in [3.8, 4) is 5.75 Å². The number of methoxy groups -OCH3 is 1. The van der Waals surface area contributed by atoms with Crippen molar-refractivity contribution in [3.63, 3.8) is 0 Å². The normalized spacial score (nSPS) is 12.4. The van der Waals surface area contributed by atoms with Crippen LogP contribution in [0.1, 0.15) is 17.2 Å². The minimum absolute atomic E-state index is 0.146. The summed E-state index contributed by atoms with van der Waals surface area (Å²) in [5, 5.41) is 0.787. The smallest absolute Gasteiger partial charge is 0.118 e. The Morgan fingerprint density at radius 1 is 1.14 bits per heavy atom.